The van der Waals surface area contributed by atoms with E-state index in [0.29, 0.717) is 12.1 Å². The molecule has 6 heteroatoms. The van der Waals surface area contributed by atoms with Crippen molar-refractivity contribution in [3.63, 3.8) is 0 Å². The predicted octanol–water partition coefficient (Wildman–Crippen LogP) is 1.67. The van der Waals surface area contributed by atoms with E-state index in [1.54, 1.807) is 4.90 Å². The number of carbonyl (C=O) groups excluding carboxylic acids is 1. The third-order valence-electron chi connectivity index (χ3n) is 3.20. The molecule has 1 aromatic carbocycles. The zero-order valence-electron chi connectivity index (χ0n) is 10.00. The zero-order valence-corrected chi connectivity index (χ0v) is 10.00. The highest BCUT2D eigenvalue weighted by molar-refractivity contribution is 5.80. The van der Waals surface area contributed by atoms with E-state index in [9.17, 15) is 20.0 Å². The molecule has 0 radical (unpaired) electrons. The Morgan fingerprint density at radius 3 is 2.83 bits per heavy atom. The van der Waals surface area contributed by atoms with Crippen LogP contribution in [0.2, 0.25) is 0 Å². The third-order valence-corrected chi connectivity index (χ3v) is 3.20. The maximum Gasteiger partial charge on any atom is 0.270 e. The highest BCUT2D eigenvalue weighted by Crippen LogP contribution is 2.27. The Morgan fingerprint density at radius 1 is 1.56 bits per heavy atom. The second-order valence-electron chi connectivity index (χ2n) is 4.52. The molecule has 1 N–H and O–H groups in total. The van der Waals surface area contributed by atoms with Crippen molar-refractivity contribution in [3.8, 4) is 5.75 Å². The fraction of sp³-hybridized carbons (Fsp3) is 0.417. The number of rotatable bonds is 3. The number of nitro benzene ring substituents is 1. The summed E-state index contributed by atoms with van der Waals surface area (Å²) in [5.41, 5.74) is 0.328. The fourth-order valence-corrected chi connectivity index (χ4v) is 2.07. The van der Waals surface area contributed by atoms with Gasteiger partial charge in [-0.25, -0.2) is 0 Å². The van der Waals surface area contributed by atoms with Gasteiger partial charge in [-0.15, -0.1) is 0 Å². The van der Waals surface area contributed by atoms with Crippen LogP contribution in [-0.4, -0.2) is 27.4 Å². The van der Waals surface area contributed by atoms with Gasteiger partial charge in [-0.3, -0.25) is 14.9 Å². The van der Waals surface area contributed by atoms with Crippen LogP contribution in [0.25, 0.3) is 0 Å². The molecule has 0 aromatic heterocycles. The van der Waals surface area contributed by atoms with Gasteiger partial charge < -0.3 is 10.0 Å². The lowest BCUT2D eigenvalue weighted by Gasteiger charge is -2.16. The largest absolute Gasteiger partial charge is 0.508 e. The van der Waals surface area contributed by atoms with Crippen molar-refractivity contribution in [2.45, 2.75) is 19.9 Å². The number of amides is 1. The normalized spacial score (nSPS) is 19.3. The number of benzene rings is 1. The smallest absolute Gasteiger partial charge is 0.270 e. The molecule has 1 amide bonds. The van der Waals surface area contributed by atoms with Gasteiger partial charge in [0.25, 0.3) is 5.69 Å². The predicted molar refractivity (Wildman–Crippen MR) is 64.0 cm³/mol. The minimum absolute atomic E-state index is 0.00848. The van der Waals surface area contributed by atoms with Crippen molar-refractivity contribution in [2.24, 2.45) is 5.92 Å². The van der Waals surface area contributed by atoms with Crippen LogP contribution in [0.15, 0.2) is 18.2 Å². The number of non-ortho nitro benzene ring substituents is 1. The van der Waals surface area contributed by atoms with Gasteiger partial charge in [-0.05, 0) is 12.5 Å². The van der Waals surface area contributed by atoms with Crippen LogP contribution in [-0.2, 0) is 11.3 Å². The molecule has 0 saturated carbocycles. The molecule has 1 fully saturated rings. The molecule has 6 nitrogen and oxygen atoms in total. The van der Waals surface area contributed by atoms with Crippen molar-refractivity contribution in [3.05, 3.63) is 33.9 Å². The number of hydrogen-bond donors (Lipinski definition) is 1. The first-order chi connectivity index (χ1) is 8.49. The van der Waals surface area contributed by atoms with E-state index in [0.717, 1.165) is 6.42 Å². The first-order valence-electron chi connectivity index (χ1n) is 5.74. The summed E-state index contributed by atoms with van der Waals surface area (Å²) in [6, 6.07) is 3.84. The molecule has 0 bridgehead atoms. The van der Waals surface area contributed by atoms with Crippen molar-refractivity contribution >= 4 is 11.6 Å². The van der Waals surface area contributed by atoms with Crippen LogP contribution in [0.5, 0.6) is 5.75 Å². The molecule has 0 spiro atoms. The van der Waals surface area contributed by atoms with Crippen LogP contribution < -0.4 is 0 Å². The standard InChI is InChI=1S/C12H14N2O4/c1-8-4-5-13(12(8)16)7-9-6-10(14(17)18)2-3-11(9)15/h2-3,6,8,15H,4-5,7H2,1H3/t8-/m0/s1. The maximum atomic E-state index is 11.8. The van der Waals surface area contributed by atoms with E-state index >= 15 is 0 Å². The average Bonchev–Trinajstić information content (AvgIpc) is 2.63. The lowest BCUT2D eigenvalue weighted by atomic mass is 10.1. The average molecular weight is 250 g/mol. The Kier molecular flexibility index (Phi) is 3.18. The van der Waals surface area contributed by atoms with E-state index in [2.05, 4.69) is 0 Å². The van der Waals surface area contributed by atoms with E-state index in [1.165, 1.54) is 18.2 Å². The molecular weight excluding hydrogens is 236 g/mol. The molecule has 1 aliphatic heterocycles. The summed E-state index contributed by atoms with van der Waals surface area (Å²) in [5.74, 6) is -0.000278. The lowest BCUT2D eigenvalue weighted by molar-refractivity contribution is -0.385. The summed E-state index contributed by atoms with van der Waals surface area (Å²) in [7, 11) is 0. The van der Waals surface area contributed by atoms with Gasteiger partial charge in [0.05, 0.1) is 4.92 Å². The molecule has 18 heavy (non-hydrogen) atoms. The van der Waals surface area contributed by atoms with E-state index in [-0.39, 0.29) is 29.8 Å². The Bertz CT molecular complexity index is 501. The summed E-state index contributed by atoms with van der Waals surface area (Å²) in [6.07, 6.45) is 0.786. The number of likely N-dealkylation sites (tertiary alicyclic amines) is 1. The quantitative estimate of drug-likeness (QED) is 0.653. The van der Waals surface area contributed by atoms with E-state index in [1.807, 2.05) is 6.92 Å². The third kappa shape index (κ3) is 2.27. The van der Waals surface area contributed by atoms with Gasteiger partial charge in [0.2, 0.25) is 5.91 Å². The summed E-state index contributed by atoms with van der Waals surface area (Å²) in [4.78, 5) is 23.5. The van der Waals surface area contributed by atoms with Crippen molar-refractivity contribution < 1.29 is 14.8 Å². The van der Waals surface area contributed by atoms with Crippen LogP contribution >= 0.6 is 0 Å². The number of hydrogen-bond acceptors (Lipinski definition) is 4. The number of carbonyl (C=O) groups is 1. The lowest BCUT2D eigenvalue weighted by Crippen LogP contribution is -2.26. The summed E-state index contributed by atoms with van der Waals surface area (Å²) < 4.78 is 0. The van der Waals surface area contributed by atoms with Crippen LogP contribution in [0, 0.1) is 16.0 Å². The van der Waals surface area contributed by atoms with Crippen LogP contribution in [0.4, 0.5) is 5.69 Å². The molecule has 1 aromatic rings. The highest BCUT2D eigenvalue weighted by Gasteiger charge is 2.28. The Hall–Kier alpha value is -2.11. The van der Waals surface area contributed by atoms with Gasteiger partial charge in [0.1, 0.15) is 5.75 Å². The summed E-state index contributed by atoms with van der Waals surface area (Å²) in [5, 5.41) is 20.3. The summed E-state index contributed by atoms with van der Waals surface area (Å²) >= 11 is 0. The molecule has 0 aliphatic carbocycles. The minimum Gasteiger partial charge on any atom is -0.508 e. The number of nitrogens with zero attached hydrogens (tertiary/aromatic N) is 2. The first kappa shape index (κ1) is 12.3. The van der Waals surface area contributed by atoms with Gasteiger partial charge in [-0.2, -0.15) is 0 Å². The molecule has 1 aliphatic rings. The molecule has 1 heterocycles. The summed E-state index contributed by atoms with van der Waals surface area (Å²) in [6.45, 7) is 2.70. The number of phenolic OH excluding ortho intramolecular Hbond substituents is 1. The Morgan fingerprint density at radius 2 is 2.28 bits per heavy atom. The topological polar surface area (TPSA) is 83.7 Å². The molecular formula is C12H14N2O4. The molecule has 1 atom stereocenters. The second-order valence-corrected chi connectivity index (χ2v) is 4.52. The zero-order chi connectivity index (χ0) is 13.3. The van der Waals surface area contributed by atoms with Gasteiger partial charge in [-0.1, -0.05) is 6.92 Å². The van der Waals surface area contributed by atoms with Crippen molar-refractivity contribution in [1.29, 1.82) is 0 Å². The second kappa shape index (κ2) is 4.64. The number of phenols is 1. The van der Waals surface area contributed by atoms with Gasteiger partial charge in [0.15, 0.2) is 0 Å². The van der Waals surface area contributed by atoms with Gasteiger partial charge in [0, 0.05) is 36.7 Å². The molecule has 96 valence electrons. The van der Waals surface area contributed by atoms with Crippen LogP contribution in [0.3, 0.4) is 0 Å². The number of nitro groups is 1. The monoisotopic (exact) mass is 250 g/mol. The van der Waals surface area contributed by atoms with Crippen molar-refractivity contribution in [1.82, 2.24) is 4.90 Å². The highest BCUT2D eigenvalue weighted by atomic mass is 16.6. The van der Waals surface area contributed by atoms with Crippen molar-refractivity contribution in [2.75, 3.05) is 6.54 Å². The number of aromatic hydroxyl groups is 1. The molecule has 2 rings (SSSR count). The fourth-order valence-electron chi connectivity index (χ4n) is 2.07. The van der Waals surface area contributed by atoms with E-state index < -0.39 is 4.92 Å². The van der Waals surface area contributed by atoms with Crippen LogP contribution in [0.1, 0.15) is 18.9 Å². The molecule has 1 saturated heterocycles. The molecule has 0 unspecified atom stereocenters. The first-order valence-corrected chi connectivity index (χ1v) is 5.74. The Labute approximate surface area is 104 Å². The van der Waals surface area contributed by atoms with E-state index in [4.69, 9.17) is 0 Å². The minimum atomic E-state index is -0.517. The Balaban J connectivity index is 2.21. The SMILES string of the molecule is C[C@H]1CCN(Cc2cc([N+](=O)[O-])ccc2O)C1=O. The van der Waals surface area contributed by atoms with Gasteiger partial charge >= 0.3 is 0 Å². The maximum absolute atomic E-state index is 11.8.